The van der Waals surface area contributed by atoms with Gasteiger partial charge in [-0.1, -0.05) is 170 Å². The van der Waals surface area contributed by atoms with Gasteiger partial charge in [0.2, 0.25) is 0 Å². The van der Waals surface area contributed by atoms with Gasteiger partial charge in [0.05, 0.1) is 11.5 Å². The van der Waals surface area contributed by atoms with Crippen LogP contribution in [0.4, 0.5) is 0 Å². The van der Waals surface area contributed by atoms with Gasteiger partial charge >= 0.3 is 0 Å². The molecule has 1 aliphatic rings. The Labute approximate surface area is 344 Å². The summed E-state index contributed by atoms with van der Waals surface area (Å²) in [7, 11) is 0. The topological polar surface area (TPSA) is 22.4 Å². The fraction of sp³-hybridized carbons (Fsp3) is 0.0357. The first kappa shape index (κ1) is 32.8. The second-order valence-corrected chi connectivity index (χ2v) is 16.9. The summed E-state index contributed by atoms with van der Waals surface area (Å²) < 4.78 is 17.2. The maximum atomic E-state index is 7.54. The molecule has 10 aromatic carbocycles. The Kier molecular flexibility index (Phi) is 7.04. The van der Waals surface area contributed by atoms with Crippen LogP contribution in [0, 0.1) is 0 Å². The molecule has 0 N–H and O–H groups in total. The molecule has 0 saturated carbocycles. The van der Waals surface area contributed by atoms with Gasteiger partial charge in [-0.25, -0.2) is 0 Å². The van der Waals surface area contributed by atoms with Gasteiger partial charge < -0.3 is 9.15 Å². The first-order chi connectivity index (χ1) is 29.3. The minimum Gasteiger partial charge on any atom is -0.484 e. The van der Waals surface area contributed by atoms with Crippen LogP contribution in [-0.4, -0.2) is 0 Å². The molecule has 3 heteroatoms. The van der Waals surface area contributed by atoms with Crippen LogP contribution in [0.1, 0.15) is 28.7 Å². The monoisotopic (exact) mass is 770 g/mol. The molecule has 2 aromatic heterocycles. The van der Waals surface area contributed by atoms with Crippen molar-refractivity contribution < 1.29 is 9.15 Å². The van der Waals surface area contributed by atoms with E-state index in [-0.39, 0.29) is 12.0 Å². The number of benzene rings is 10. The van der Waals surface area contributed by atoms with Crippen LogP contribution < -0.4 is 4.74 Å². The molecule has 3 heterocycles. The van der Waals surface area contributed by atoms with Gasteiger partial charge in [0.15, 0.2) is 0 Å². The van der Waals surface area contributed by atoms with Gasteiger partial charge in [-0.05, 0) is 73.3 Å². The van der Waals surface area contributed by atoms with E-state index in [1.807, 2.05) is 11.3 Å². The molecule has 0 spiro atoms. The fourth-order valence-corrected chi connectivity index (χ4v) is 11.3. The lowest BCUT2D eigenvalue weighted by atomic mass is 9.81. The van der Waals surface area contributed by atoms with E-state index in [4.69, 9.17) is 9.15 Å². The molecule has 2 unspecified atom stereocenters. The highest BCUT2D eigenvalue weighted by molar-refractivity contribution is 7.26. The zero-order chi connectivity index (χ0) is 38.6. The normalized spacial score (nSPS) is 15.3. The molecule has 12 aromatic rings. The van der Waals surface area contributed by atoms with Gasteiger partial charge in [-0.15, -0.1) is 11.3 Å². The molecule has 13 rings (SSSR count). The minimum absolute atomic E-state index is 0.0495. The first-order valence-corrected chi connectivity index (χ1v) is 21.1. The van der Waals surface area contributed by atoms with Crippen molar-refractivity contribution in [3.05, 3.63) is 211 Å². The van der Waals surface area contributed by atoms with Crippen molar-refractivity contribution in [2.75, 3.05) is 0 Å². The summed E-state index contributed by atoms with van der Waals surface area (Å²) in [4.78, 5) is 0. The van der Waals surface area contributed by atoms with E-state index >= 15 is 0 Å². The molecule has 276 valence electrons. The van der Waals surface area contributed by atoms with Gasteiger partial charge in [0.25, 0.3) is 0 Å². The highest BCUT2D eigenvalue weighted by Crippen LogP contribution is 2.59. The summed E-state index contributed by atoms with van der Waals surface area (Å²) in [5.41, 5.74) is 9.94. The highest BCUT2D eigenvalue weighted by Gasteiger charge is 2.41. The Morgan fingerprint density at radius 3 is 1.81 bits per heavy atom. The van der Waals surface area contributed by atoms with Crippen LogP contribution in [0.5, 0.6) is 5.75 Å². The maximum Gasteiger partial charge on any atom is 0.147 e. The number of hydrogen-bond donors (Lipinski definition) is 0. The van der Waals surface area contributed by atoms with Crippen LogP contribution in [0.2, 0.25) is 0 Å². The third-order valence-corrected chi connectivity index (χ3v) is 13.9. The molecule has 2 nitrogen and oxygen atoms in total. The molecule has 59 heavy (non-hydrogen) atoms. The van der Waals surface area contributed by atoms with Gasteiger partial charge in [0, 0.05) is 47.6 Å². The predicted molar refractivity (Wildman–Crippen MR) is 248 cm³/mol. The summed E-state index contributed by atoms with van der Waals surface area (Å²) in [5.74, 6) is 0.838. The van der Waals surface area contributed by atoms with Gasteiger partial charge in [-0.3, -0.25) is 0 Å². The van der Waals surface area contributed by atoms with E-state index in [0.29, 0.717) is 0 Å². The van der Waals surface area contributed by atoms with Crippen molar-refractivity contribution in [1.82, 2.24) is 0 Å². The van der Waals surface area contributed by atoms with E-state index < -0.39 is 0 Å². The zero-order valence-electron chi connectivity index (χ0n) is 31.9. The smallest absolute Gasteiger partial charge is 0.147 e. The minimum atomic E-state index is -0.254. The maximum absolute atomic E-state index is 7.54. The molecule has 0 amide bonds. The summed E-state index contributed by atoms with van der Waals surface area (Å²) in [6.07, 6.45) is -0.254. The third kappa shape index (κ3) is 4.80. The molecule has 0 saturated heterocycles. The lowest BCUT2D eigenvalue weighted by molar-refractivity contribution is 0.223. The number of fused-ring (bicyclic) bond motifs is 10. The lowest BCUT2D eigenvalue weighted by Crippen LogP contribution is -2.11. The van der Waals surface area contributed by atoms with Crippen LogP contribution >= 0.6 is 11.3 Å². The summed E-state index contributed by atoms with van der Waals surface area (Å²) in [5, 5.41) is 12.0. The van der Waals surface area contributed by atoms with Crippen LogP contribution in [-0.2, 0) is 0 Å². The average molecular weight is 771 g/mol. The summed E-state index contributed by atoms with van der Waals surface area (Å²) >= 11 is 1.88. The Hall–Kier alpha value is -7.20. The second-order valence-electron chi connectivity index (χ2n) is 15.8. The van der Waals surface area contributed by atoms with E-state index in [2.05, 4.69) is 194 Å². The zero-order valence-corrected chi connectivity index (χ0v) is 32.7. The van der Waals surface area contributed by atoms with Gasteiger partial charge in [-0.2, -0.15) is 0 Å². The van der Waals surface area contributed by atoms with Crippen molar-refractivity contribution in [1.29, 1.82) is 0 Å². The van der Waals surface area contributed by atoms with E-state index in [1.165, 1.54) is 74.7 Å². The van der Waals surface area contributed by atoms with Crippen molar-refractivity contribution in [3.8, 4) is 28.0 Å². The SMILES string of the molecule is c1ccc(C2c3cc4c(oc5ccccc54)c(-c4c5ccccc5c(-c5cccc6c5sc5ccccc56)c5ccccc45)c3OC2c2ccc3ccccc3c2)cc1. The number of thiophene rings is 1. The quantitative estimate of drug-likeness (QED) is 0.166. The molecule has 1 aliphatic heterocycles. The largest absolute Gasteiger partial charge is 0.484 e. The number of rotatable bonds is 4. The fourth-order valence-electron chi connectivity index (χ4n) is 10.1. The molecule has 0 radical (unpaired) electrons. The Balaban J connectivity index is 1.16. The van der Waals surface area contributed by atoms with Crippen molar-refractivity contribution >= 4 is 85.8 Å². The van der Waals surface area contributed by atoms with E-state index in [1.54, 1.807) is 0 Å². The Bertz CT molecular complexity index is 3610. The lowest BCUT2D eigenvalue weighted by Gasteiger charge is -2.21. The highest BCUT2D eigenvalue weighted by atomic mass is 32.1. The van der Waals surface area contributed by atoms with E-state index in [0.717, 1.165) is 44.4 Å². The molecule has 2 atom stereocenters. The van der Waals surface area contributed by atoms with Crippen molar-refractivity contribution in [2.24, 2.45) is 0 Å². The summed E-state index contributed by atoms with van der Waals surface area (Å²) in [6.45, 7) is 0. The molecular weight excluding hydrogens is 737 g/mol. The van der Waals surface area contributed by atoms with Gasteiger partial charge in [0.1, 0.15) is 23.0 Å². The molecule has 0 bridgehead atoms. The standard InChI is InChI=1S/C56H34O2S/c1-2-16-34(17-3-1)49-46-32-45-37-19-10-12-27-47(37)57-54(45)52(55(46)58-53(49)36-30-29-33-15-4-5-18-35(33)31-36)51-41-23-8-6-21-39(41)50(40-22-7-9-24-42(40)51)44-26-14-25-43-38-20-11-13-28-48(38)59-56(43)44/h1-32,49,53H. The summed E-state index contributed by atoms with van der Waals surface area (Å²) in [6, 6.07) is 70.6. The third-order valence-electron chi connectivity index (χ3n) is 12.6. The van der Waals surface area contributed by atoms with Crippen LogP contribution in [0.15, 0.2) is 199 Å². The van der Waals surface area contributed by atoms with Crippen LogP contribution in [0.25, 0.3) is 96.7 Å². The second kappa shape index (κ2) is 12.6. The average Bonchev–Trinajstić information content (AvgIpc) is 3.99. The number of ether oxygens (including phenoxy) is 1. The van der Waals surface area contributed by atoms with E-state index in [9.17, 15) is 0 Å². The number of furan rings is 1. The Morgan fingerprint density at radius 2 is 1.03 bits per heavy atom. The van der Waals surface area contributed by atoms with Crippen molar-refractivity contribution in [2.45, 2.75) is 12.0 Å². The van der Waals surface area contributed by atoms with Crippen molar-refractivity contribution in [3.63, 3.8) is 0 Å². The van der Waals surface area contributed by atoms with Crippen LogP contribution in [0.3, 0.4) is 0 Å². The number of para-hydroxylation sites is 1. The molecule has 0 fully saturated rings. The number of hydrogen-bond acceptors (Lipinski definition) is 3. The molecule has 0 aliphatic carbocycles. The first-order valence-electron chi connectivity index (χ1n) is 20.3. The molecular formula is C56H34O2S. The Morgan fingerprint density at radius 1 is 0.407 bits per heavy atom. The predicted octanol–water partition coefficient (Wildman–Crippen LogP) is 16.0.